The molecule has 1 aromatic carbocycles. The van der Waals surface area contributed by atoms with Crippen molar-refractivity contribution in [2.45, 2.75) is 75.9 Å². The molecule has 1 spiro atoms. The number of halogens is 3. The fourth-order valence-electron chi connectivity index (χ4n) is 4.39. The van der Waals surface area contributed by atoms with Gasteiger partial charge in [-0.05, 0) is 56.4 Å². The van der Waals surface area contributed by atoms with E-state index in [0.717, 1.165) is 37.3 Å². The third-order valence-electron chi connectivity index (χ3n) is 6.19. The number of aliphatic hydroxyl groups excluding tert-OH is 1. The molecule has 1 unspecified atom stereocenters. The molecule has 2 aromatic rings. The number of phenols is 1. The molecule has 0 radical (unpaired) electrons. The van der Waals surface area contributed by atoms with Gasteiger partial charge in [-0.3, -0.25) is 0 Å². The lowest BCUT2D eigenvalue weighted by molar-refractivity contribution is -0.137. The molecule has 1 aliphatic heterocycles. The highest BCUT2D eigenvalue weighted by atomic mass is 19.4. The molecule has 31 heavy (non-hydrogen) atoms. The summed E-state index contributed by atoms with van der Waals surface area (Å²) in [7, 11) is 0. The van der Waals surface area contributed by atoms with Crippen LogP contribution in [0.15, 0.2) is 18.2 Å². The molecule has 0 amide bonds. The summed E-state index contributed by atoms with van der Waals surface area (Å²) in [6.45, 7) is 1.87. The van der Waals surface area contributed by atoms with Crippen LogP contribution in [0.1, 0.15) is 68.2 Å². The van der Waals surface area contributed by atoms with Crippen LogP contribution >= 0.6 is 0 Å². The number of ether oxygens (including phenoxy) is 1. The molecular weight excluding hydrogens is 411 g/mol. The Bertz CT molecular complexity index is 970. The van der Waals surface area contributed by atoms with Crippen molar-refractivity contribution in [2.75, 3.05) is 5.73 Å². The van der Waals surface area contributed by atoms with Crippen LogP contribution in [0.5, 0.6) is 5.75 Å². The summed E-state index contributed by atoms with van der Waals surface area (Å²) in [6.07, 6.45) is 2.18. The summed E-state index contributed by atoms with van der Waals surface area (Å²) in [5.74, 6) is -0.242. The number of nitrogen functional groups attached to an aromatic ring is 1. The van der Waals surface area contributed by atoms with Gasteiger partial charge in [0, 0.05) is 17.5 Å². The molecule has 1 atom stereocenters. The number of fused-ring (bicyclic) bond motifs is 1. The van der Waals surface area contributed by atoms with Gasteiger partial charge >= 0.3 is 6.18 Å². The van der Waals surface area contributed by atoms with Crippen LogP contribution in [0, 0.1) is 0 Å². The standard InChI is InChI=1S/C17H16F3N3O2.C5H10O/c1-8-13-11(7-16(25-8)4-5-16)14(22-23-15(13)21)10-3-2-9(6-12(10)24)17(18,19)20;6-5-3-1-2-4-5/h2-3,6,8,24H,4-5,7H2,1H3,(H2,21,23);5-6H,1-4H2. The molecule has 2 fully saturated rings. The minimum atomic E-state index is -4.53. The van der Waals surface area contributed by atoms with Gasteiger partial charge in [0.1, 0.15) is 11.4 Å². The van der Waals surface area contributed by atoms with Gasteiger partial charge in [0.25, 0.3) is 0 Å². The van der Waals surface area contributed by atoms with Gasteiger partial charge in [0.2, 0.25) is 0 Å². The zero-order valence-corrected chi connectivity index (χ0v) is 17.2. The average molecular weight is 437 g/mol. The summed E-state index contributed by atoms with van der Waals surface area (Å²) >= 11 is 0. The number of anilines is 1. The predicted molar refractivity (Wildman–Crippen MR) is 108 cm³/mol. The second-order valence-corrected chi connectivity index (χ2v) is 8.61. The first-order chi connectivity index (χ1) is 14.6. The number of hydrogen-bond acceptors (Lipinski definition) is 6. The van der Waals surface area contributed by atoms with E-state index in [1.165, 1.54) is 18.9 Å². The number of benzene rings is 1. The van der Waals surface area contributed by atoms with E-state index in [9.17, 15) is 18.3 Å². The third kappa shape index (κ3) is 4.48. The molecule has 4 N–H and O–H groups in total. The highest BCUT2D eigenvalue weighted by molar-refractivity contribution is 5.73. The number of nitrogens with zero attached hydrogens (tertiary/aromatic N) is 2. The van der Waals surface area contributed by atoms with Crippen LogP contribution in [0.25, 0.3) is 11.3 Å². The normalized spacial score (nSPS) is 22.0. The van der Waals surface area contributed by atoms with Crippen molar-refractivity contribution in [3.8, 4) is 17.0 Å². The van der Waals surface area contributed by atoms with Gasteiger partial charge in [-0.1, -0.05) is 12.8 Å². The maximum atomic E-state index is 12.8. The predicted octanol–water partition coefficient (Wildman–Crippen LogP) is 4.54. The van der Waals surface area contributed by atoms with Gasteiger partial charge in [-0.25, -0.2) is 0 Å². The average Bonchev–Trinajstić information content (AvgIpc) is 3.24. The Morgan fingerprint density at radius 3 is 2.35 bits per heavy atom. The van der Waals surface area contributed by atoms with Crippen LogP contribution in [0.2, 0.25) is 0 Å². The molecule has 5 rings (SSSR count). The number of rotatable bonds is 1. The number of hydrogen-bond donors (Lipinski definition) is 3. The van der Waals surface area contributed by atoms with Crippen molar-refractivity contribution in [3.05, 3.63) is 34.9 Å². The van der Waals surface area contributed by atoms with E-state index >= 15 is 0 Å². The second kappa shape index (κ2) is 7.94. The first-order valence-electron chi connectivity index (χ1n) is 10.5. The van der Waals surface area contributed by atoms with E-state index in [-0.39, 0.29) is 29.2 Å². The molecule has 2 heterocycles. The maximum Gasteiger partial charge on any atom is 0.416 e. The SMILES string of the molecule is CC1OC2(CC2)Cc2c(-c3ccc(C(F)(F)F)cc3O)nnc(N)c21.OC1CCCC1. The van der Waals surface area contributed by atoms with E-state index in [4.69, 9.17) is 15.6 Å². The van der Waals surface area contributed by atoms with E-state index < -0.39 is 17.5 Å². The monoisotopic (exact) mass is 437 g/mol. The van der Waals surface area contributed by atoms with Crippen LogP contribution in [-0.4, -0.2) is 32.1 Å². The Kier molecular flexibility index (Phi) is 5.59. The van der Waals surface area contributed by atoms with Gasteiger partial charge < -0.3 is 20.7 Å². The molecule has 0 bridgehead atoms. The zero-order chi connectivity index (χ0) is 22.4. The van der Waals surface area contributed by atoms with Gasteiger partial charge in [-0.2, -0.15) is 13.2 Å². The van der Waals surface area contributed by atoms with E-state index in [2.05, 4.69) is 10.2 Å². The first-order valence-corrected chi connectivity index (χ1v) is 10.5. The van der Waals surface area contributed by atoms with Crippen molar-refractivity contribution >= 4 is 5.82 Å². The van der Waals surface area contributed by atoms with E-state index in [1.807, 2.05) is 6.92 Å². The third-order valence-corrected chi connectivity index (χ3v) is 6.19. The number of alkyl halides is 3. The molecule has 2 saturated carbocycles. The minimum Gasteiger partial charge on any atom is -0.507 e. The van der Waals surface area contributed by atoms with Gasteiger partial charge in [0.05, 0.1) is 23.4 Å². The Morgan fingerprint density at radius 2 is 1.84 bits per heavy atom. The fraction of sp³-hybridized carbons (Fsp3) is 0.545. The molecule has 9 heteroatoms. The highest BCUT2D eigenvalue weighted by Crippen LogP contribution is 2.52. The van der Waals surface area contributed by atoms with Crippen LogP contribution in [0.4, 0.5) is 19.0 Å². The topological polar surface area (TPSA) is 101 Å². The van der Waals surface area contributed by atoms with Crippen molar-refractivity contribution in [1.29, 1.82) is 0 Å². The van der Waals surface area contributed by atoms with Crippen LogP contribution in [-0.2, 0) is 17.3 Å². The number of nitrogens with two attached hydrogens (primary N) is 1. The van der Waals surface area contributed by atoms with E-state index in [1.54, 1.807) is 0 Å². The molecule has 6 nitrogen and oxygen atoms in total. The van der Waals surface area contributed by atoms with Crippen molar-refractivity contribution in [2.24, 2.45) is 0 Å². The fourth-order valence-corrected chi connectivity index (χ4v) is 4.39. The Labute approximate surface area is 178 Å². The second-order valence-electron chi connectivity index (χ2n) is 8.61. The Morgan fingerprint density at radius 1 is 1.16 bits per heavy atom. The molecule has 168 valence electrons. The lowest BCUT2D eigenvalue weighted by atomic mass is 9.90. The summed E-state index contributed by atoms with van der Waals surface area (Å²) < 4.78 is 44.5. The Hall–Kier alpha value is -2.39. The summed E-state index contributed by atoms with van der Waals surface area (Å²) in [6, 6.07) is 2.85. The first kappa shape index (κ1) is 21.8. The van der Waals surface area contributed by atoms with E-state index in [0.29, 0.717) is 23.7 Å². The molecular formula is C22H26F3N3O3. The lowest BCUT2D eigenvalue weighted by Crippen LogP contribution is -2.28. The van der Waals surface area contributed by atoms with Crippen LogP contribution < -0.4 is 5.73 Å². The Balaban J connectivity index is 0.000000334. The summed E-state index contributed by atoms with van der Waals surface area (Å²) in [4.78, 5) is 0. The molecule has 1 aromatic heterocycles. The van der Waals surface area contributed by atoms with Crippen molar-refractivity contribution in [1.82, 2.24) is 10.2 Å². The number of aromatic hydroxyl groups is 1. The summed E-state index contributed by atoms with van der Waals surface area (Å²) in [5, 5.41) is 26.9. The minimum absolute atomic E-state index is 0.0463. The highest BCUT2D eigenvalue weighted by Gasteiger charge is 2.50. The molecule has 0 saturated heterocycles. The quantitative estimate of drug-likeness (QED) is 0.606. The summed E-state index contributed by atoms with van der Waals surface area (Å²) in [5.41, 5.74) is 6.83. The number of aliphatic hydroxyl groups is 1. The zero-order valence-electron chi connectivity index (χ0n) is 17.2. The largest absolute Gasteiger partial charge is 0.507 e. The lowest BCUT2D eigenvalue weighted by Gasteiger charge is -2.32. The number of phenolic OH excluding ortho intramolecular Hbond substituents is 1. The van der Waals surface area contributed by atoms with Crippen molar-refractivity contribution < 1.29 is 28.1 Å². The molecule has 2 aliphatic carbocycles. The van der Waals surface area contributed by atoms with Gasteiger partial charge in [-0.15, -0.1) is 10.2 Å². The molecule has 3 aliphatic rings. The maximum absolute atomic E-state index is 12.8. The van der Waals surface area contributed by atoms with Gasteiger partial charge in [0.15, 0.2) is 5.82 Å². The van der Waals surface area contributed by atoms with Crippen LogP contribution in [0.3, 0.4) is 0 Å². The smallest absolute Gasteiger partial charge is 0.416 e. The van der Waals surface area contributed by atoms with Crippen molar-refractivity contribution in [3.63, 3.8) is 0 Å². The number of aromatic nitrogens is 2.